The number of pyridine rings is 1. The Labute approximate surface area is 132 Å². The van der Waals surface area contributed by atoms with Gasteiger partial charge in [-0.15, -0.1) is 0 Å². The van der Waals surface area contributed by atoms with Crippen molar-refractivity contribution in [2.24, 2.45) is 0 Å². The summed E-state index contributed by atoms with van der Waals surface area (Å²) >= 11 is 1.84. The molecular formula is C13H5IN4O3. The number of ether oxygens (including phenoxy) is 1. The molecule has 0 saturated carbocycles. The fourth-order valence-electron chi connectivity index (χ4n) is 1.54. The van der Waals surface area contributed by atoms with Crippen LogP contribution < -0.4 is 4.74 Å². The highest BCUT2D eigenvalue weighted by molar-refractivity contribution is 14.1. The Morgan fingerprint density at radius 2 is 2.10 bits per heavy atom. The van der Waals surface area contributed by atoms with Crippen molar-refractivity contribution in [2.45, 2.75) is 0 Å². The van der Waals surface area contributed by atoms with E-state index in [1.54, 1.807) is 0 Å². The van der Waals surface area contributed by atoms with E-state index in [-0.39, 0.29) is 28.3 Å². The van der Waals surface area contributed by atoms with Crippen molar-refractivity contribution >= 4 is 28.3 Å². The van der Waals surface area contributed by atoms with Crippen molar-refractivity contribution in [3.05, 3.63) is 55.4 Å². The molecule has 0 spiro atoms. The highest BCUT2D eigenvalue weighted by atomic mass is 127. The van der Waals surface area contributed by atoms with Gasteiger partial charge in [-0.2, -0.15) is 10.5 Å². The SMILES string of the molecule is N#Cc1cc(I)c(Oc2cnccc2C#N)c([N+](=O)[O-])c1. The zero-order valence-corrected chi connectivity index (χ0v) is 12.4. The first-order chi connectivity index (χ1) is 10.1. The van der Waals surface area contributed by atoms with Crippen molar-refractivity contribution in [3.8, 4) is 23.6 Å². The molecule has 0 saturated heterocycles. The zero-order chi connectivity index (χ0) is 15.4. The van der Waals surface area contributed by atoms with Crippen molar-refractivity contribution in [1.29, 1.82) is 10.5 Å². The topological polar surface area (TPSA) is 113 Å². The highest BCUT2D eigenvalue weighted by Gasteiger charge is 2.22. The molecule has 0 N–H and O–H groups in total. The van der Waals surface area contributed by atoms with Gasteiger partial charge in [0.15, 0.2) is 5.75 Å². The van der Waals surface area contributed by atoms with E-state index >= 15 is 0 Å². The van der Waals surface area contributed by atoms with Gasteiger partial charge in [0.25, 0.3) is 0 Å². The lowest BCUT2D eigenvalue weighted by Gasteiger charge is -2.09. The van der Waals surface area contributed by atoms with Crippen LogP contribution in [0.4, 0.5) is 5.69 Å². The first-order valence-corrected chi connectivity index (χ1v) is 6.54. The van der Waals surface area contributed by atoms with Crippen molar-refractivity contribution in [1.82, 2.24) is 4.98 Å². The van der Waals surface area contributed by atoms with Gasteiger partial charge in [0.2, 0.25) is 5.75 Å². The van der Waals surface area contributed by atoms with Gasteiger partial charge < -0.3 is 4.74 Å². The van der Waals surface area contributed by atoms with E-state index in [0.717, 1.165) is 6.07 Å². The lowest BCUT2D eigenvalue weighted by Crippen LogP contribution is -1.98. The van der Waals surface area contributed by atoms with Gasteiger partial charge in [-0.3, -0.25) is 15.1 Å². The van der Waals surface area contributed by atoms with Crippen LogP contribution in [0.5, 0.6) is 11.5 Å². The number of nitro groups is 1. The fraction of sp³-hybridized carbons (Fsp3) is 0. The fourth-order valence-corrected chi connectivity index (χ4v) is 2.27. The molecule has 0 aliphatic carbocycles. The summed E-state index contributed by atoms with van der Waals surface area (Å²) in [5, 5.41) is 29.0. The highest BCUT2D eigenvalue weighted by Crippen LogP contribution is 2.37. The summed E-state index contributed by atoms with van der Waals surface area (Å²) in [6.07, 6.45) is 2.72. The maximum absolute atomic E-state index is 11.1. The minimum atomic E-state index is -0.638. The standard InChI is InChI=1S/C13H5IN4O3/c14-10-3-8(5-15)4-11(18(19)20)13(10)21-12-7-17-2-1-9(12)6-16/h1-4,7H. The smallest absolute Gasteiger partial charge is 0.314 e. The number of nitro benzene ring substituents is 1. The van der Waals surface area contributed by atoms with Gasteiger partial charge in [-0.05, 0) is 34.7 Å². The number of rotatable bonds is 3. The second kappa shape index (κ2) is 6.15. The minimum absolute atomic E-state index is 0.0240. The molecule has 0 amide bonds. The molecule has 0 aliphatic rings. The van der Waals surface area contributed by atoms with Crippen LogP contribution in [0.1, 0.15) is 11.1 Å². The zero-order valence-electron chi connectivity index (χ0n) is 10.3. The molecule has 2 aromatic rings. The maximum atomic E-state index is 11.1. The van der Waals surface area contributed by atoms with Crippen molar-refractivity contribution in [3.63, 3.8) is 0 Å². The predicted octanol–water partition coefficient (Wildman–Crippen LogP) is 3.13. The normalized spacial score (nSPS) is 9.48. The Kier molecular flexibility index (Phi) is 4.30. The summed E-state index contributed by atoms with van der Waals surface area (Å²) in [4.78, 5) is 14.3. The van der Waals surface area contributed by atoms with Crippen LogP contribution in [0.2, 0.25) is 0 Å². The molecular weight excluding hydrogens is 387 g/mol. The molecule has 0 aliphatic heterocycles. The minimum Gasteiger partial charge on any atom is -0.446 e. The van der Waals surface area contributed by atoms with Crippen LogP contribution in [0.25, 0.3) is 0 Å². The van der Waals surface area contributed by atoms with Gasteiger partial charge >= 0.3 is 5.69 Å². The van der Waals surface area contributed by atoms with E-state index in [9.17, 15) is 10.1 Å². The maximum Gasteiger partial charge on any atom is 0.314 e. The van der Waals surface area contributed by atoms with E-state index < -0.39 is 4.92 Å². The van der Waals surface area contributed by atoms with Crippen LogP contribution in [-0.2, 0) is 0 Å². The third kappa shape index (κ3) is 3.07. The number of hydrogen-bond acceptors (Lipinski definition) is 6. The van der Waals surface area contributed by atoms with Gasteiger partial charge in [0, 0.05) is 12.3 Å². The molecule has 0 radical (unpaired) electrons. The molecule has 1 aromatic carbocycles. The molecule has 0 fully saturated rings. The number of benzene rings is 1. The van der Waals surface area contributed by atoms with E-state index in [4.69, 9.17) is 15.3 Å². The first kappa shape index (κ1) is 14.7. The molecule has 0 bridgehead atoms. The molecule has 1 heterocycles. The van der Waals surface area contributed by atoms with Crippen LogP contribution in [-0.4, -0.2) is 9.91 Å². The monoisotopic (exact) mass is 392 g/mol. The summed E-state index contributed by atoms with van der Waals surface area (Å²) in [6.45, 7) is 0. The van der Waals surface area contributed by atoms with Gasteiger partial charge in [-0.1, -0.05) is 0 Å². The lowest BCUT2D eigenvalue weighted by molar-refractivity contribution is -0.385. The van der Waals surface area contributed by atoms with E-state index in [1.165, 1.54) is 24.5 Å². The molecule has 0 unspecified atom stereocenters. The summed E-state index contributed by atoms with van der Waals surface area (Å²) in [5.74, 6) is 0.0924. The molecule has 21 heavy (non-hydrogen) atoms. The van der Waals surface area contributed by atoms with E-state index in [0.29, 0.717) is 3.57 Å². The van der Waals surface area contributed by atoms with Crippen LogP contribution >= 0.6 is 22.6 Å². The molecule has 8 heteroatoms. The predicted molar refractivity (Wildman–Crippen MR) is 79.6 cm³/mol. The Bertz CT molecular complexity index is 808. The second-order valence-corrected chi connectivity index (χ2v) is 4.92. The van der Waals surface area contributed by atoms with Gasteiger partial charge in [-0.25, -0.2) is 0 Å². The summed E-state index contributed by atoms with van der Waals surface area (Å²) in [7, 11) is 0. The van der Waals surface area contributed by atoms with Crippen molar-refractivity contribution < 1.29 is 9.66 Å². The summed E-state index contributed by atoms with van der Waals surface area (Å²) in [6, 6.07) is 7.79. The first-order valence-electron chi connectivity index (χ1n) is 5.46. The number of nitriles is 2. The lowest BCUT2D eigenvalue weighted by atomic mass is 10.2. The van der Waals surface area contributed by atoms with Crippen molar-refractivity contribution in [2.75, 3.05) is 0 Å². The third-order valence-electron chi connectivity index (χ3n) is 2.47. The average Bonchev–Trinajstić information content (AvgIpc) is 2.49. The number of aromatic nitrogens is 1. The van der Waals surface area contributed by atoms with Crippen LogP contribution in [0, 0.1) is 36.3 Å². The molecule has 7 nitrogen and oxygen atoms in total. The third-order valence-corrected chi connectivity index (χ3v) is 3.27. The van der Waals surface area contributed by atoms with Gasteiger partial charge in [0.05, 0.1) is 31.9 Å². The summed E-state index contributed by atoms with van der Waals surface area (Å²) < 4.78 is 5.87. The molecule has 2 rings (SSSR count). The second-order valence-electron chi connectivity index (χ2n) is 3.76. The van der Waals surface area contributed by atoms with E-state index in [2.05, 4.69) is 4.98 Å². The largest absolute Gasteiger partial charge is 0.446 e. The number of hydrogen-bond donors (Lipinski definition) is 0. The average molecular weight is 392 g/mol. The molecule has 102 valence electrons. The number of halogens is 1. The molecule has 0 atom stereocenters. The Balaban J connectivity index is 2.57. The van der Waals surface area contributed by atoms with Crippen LogP contribution in [0.15, 0.2) is 30.6 Å². The van der Waals surface area contributed by atoms with E-state index in [1.807, 2.05) is 34.7 Å². The number of nitrogens with zero attached hydrogens (tertiary/aromatic N) is 4. The van der Waals surface area contributed by atoms with Gasteiger partial charge in [0.1, 0.15) is 6.07 Å². The quantitative estimate of drug-likeness (QED) is 0.451. The summed E-state index contributed by atoms with van der Waals surface area (Å²) in [5.41, 5.74) is 0.0239. The van der Waals surface area contributed by atoms with Crippen LogP contribution in [0.3, 0.4) is 0 Å². The molecule has 1 aromatic heterocycles. The Morgan fingerprint density at radius 3 is 2.71 bits per heavy atom. The Morgan fingerprint density at radius 1 is 1.33 bits per heavy atom. The Hall–Kier alpha value is -2.72.